The highest BCUT2D eigenvalue weighted by Gasteiger charge is 2.42. The number of sulfonamides is 1. The van der Waals surface area contributed by atoms with Gasteiger partial charge >= 0.3 is 5.97 Å². The van der Waals surface area contributed by atoms with Crippen molar-refractivity contribution in [2.75, 3.05) is 11.8 Å². The molecule has 2 unspecified atom stereocenters. The lowest BCUT2D eigenvalue weighted by molar-refractivity contribution is -0.145. The van der Waals surface area contributed by atoms with Gasteiger partial charge in [-0.15, -0.1) is 0 Å². The average molecular weight is 336 g/mol. The van der Waals surface area contributed by atoms with Crippen LogP contribution in [0.5, 0.6) is 0 Å². The van der Waals surface area contributed by atoms with Crippen molar-refractivity contribution in [3.8, 4) is 0 Å². The van der Waals surface area contributed by atoms with E-state index in [1.165, 1.54) is 13.2 Å². The van der Waals surface area contributed by atoms with E-state index < -0.39 is 33.0 Å². The molecule has 0 radical (unpaired) electrons. The first-order valence-electron chi connectivity index (χ1n) is 6.39. The summed E-state index contributed by atoms with van der Waals surface area (Å²) in [6.07, 6.45) is 1.44. The number of methoxy groups -OCH3 is 1. The summed E-state index contributed by atoms with van der Waals surface area (Å²) in [4.78, 5) is 11.6. The number of carbonyl (C=O) groups excluding carboxylic acids is 1. The molecular formula is C13H15ClFNO4S. The molecule has 0 heterocycles. The Morgan fingerprint density at radius 2 is 2.10 bits per heavy atom. The first-order valence-corrected chi connectivity index (χ1v) is 8.31. The fourth-order valence-electron chi connectivity index (χ4n) is 2.57. The molecule has 0 bridgehead atoms. The Morgan fingerprint density at radius 1 is 1.38 bits per heavy atom. The second kappa shape index (κ2) is 6.19. The Bertz CT molecular complexity index is 629. The molecule has 1 aromatic carbocycles. The summed E-state index contributed by atoms with van der Waals surface area (Å²) in [5.74, 6) is -1.88. The highest BCUT2D eigenvalue weighted by Crippen LogP contribution is 2.33. The molecule has 2 rings (SSSR count). The van der Waals surface area contributed by atoms with Crippen LogP contribution in [0, 0.1) is 11.7 Å². The number of halogens is 2. The van der Waals surface area contributed by atoms with Gasteiger partial charge in [-0.05, 0) is 31.0 Å². The molecule has 0 saturated heterocycles. The predicted octanol–water partition coefficient (Wildman–Crippen LogP) is 2.56. The van der Waals surface area contributed by atoms with E-state index >= 15 is 0 Å². The second-order valence-electron chi connectivity index (χ2n) is 4.90. The summed E-state index contributed by atoms with van der Waals surface area (Å²) >= 11 is 5.69. The standard InChI is InChI=1S/C13H15ClFNO4S/c1-20-13(17)11-3-2-4-12(11)21(18,19)16-10-6-8(14)5-9(15)7-10/h5-7,11-12,16H,2-4H2,1H3. The third-order valence-electron chi connectivity index (χ3n) is 3.48. The van der Waals surface area contributed by atoms with Crippen molar-refractivity contribution < 1.29 is 22.3 Å². The van der Waals surface area contributed by atoms with E-state index in [1.807, 2.05) is 0 Å². The molecule has 1 N–H and O–H groups in total. The molecule has 0 aromatic heterocycles. The fraction of sp³-hybridized carbons (Fsp3) is 0.462. The third kappa shape index (κ3) is 3.65. The lowest BCUT2D eigenvalue weighted by atomic mass is 10.1. The minimum Gasteiger partial charge on any atom is -0.469 e. The molecule has 21 heavy (non-hydrogen) atoms. The Hall–Kier alpha value is -1.34. The van der Waals surface area contributed by atoms with Crippen molar-refractivity contribution in [3.05, 3.63) is 29.0 Å². The van der Waals surface area contributed by atoms with E-state index in [0.29, 0.717) is 19.3 Å². The summed E-state index contributed by atoms with van der Waals surface area (Å²) in [6, 6.07) is 3.42. The van der Waals surface area contributed by atoms with Crippen LogP contribution in [0.4, 0.5) is 10.1 Å². The van der Waals surface area contributed by atoms with E-state index in [4.69, 9.17) is 11.6 Å². The molecule has 1 aliphatic rings. The van der Waals surface area contributed by atoms with Gasteiger partial charge in [0.25, 0.3) is 0 Å². The van der Waals surface area contributed by atoms with Crippen LogP contribution in [0.2, 0.25) is 5.02 Å². The van der Waals surface area contributed by atoms with Crippen LogP contribution in [0.25, 0.3) is 0 Å². The molecule has 1 fully saturated rings. The van der Waals surface area contributed by atoms with E-state index in [-0.39, 0.29) is 10.7 Å². The molecule has 0 amide bonds. The Balaban J connectivity index is 2.23. The summed E-state index contributed by atoms with van der Waals surface area (Å²) in [5, 5.41) is -0.796. The number of ether oxygens (including phenoxy) is 1. The second-order valence-corrected chi connectivity index (χ2v) is 7.24. The molecular weight excluding hydrogens is 321 g/mol. The molecule has 2 atom stereocenters. The van der Waals surface area contributed by atoms with E-state index in [9.17, 15) is 17.6 Å². The lowest BCUT2D eigenvalue weighted by Gasteiger charge is -2.19. The monoisotopic (exact) mass is 335 g/mol. The molecule has 1 saturated carbocycles. The van der Waals surface area contributed by atoms with Gasteiger partial charge in [0.1, 0.15) is 5.82 Å². The summed E-state index contributed by atoms with van der Waals surface area (Å²) in [5.41, 5.74) is 0.0375. The average Bonchev–Trinajstić information content (AvgIpc) is 2.85. The Labute approximate surface area is 127 Å². The highest BCUT2D eigenvalue weighted by molar-refractivity contribution is 7.93. The smallest absolute Gasteiger partial charge is 0.310 e. The number of carbonyl (C=O) groups is 1. The number of nitrogens with one attached hydrogen (secondary N) is 1. The van der Waals surface area contributed by atoms with Gasteiger partial charge in [-0.3, -0.25) is 9.52 Å². The first-order chi connectivity index (χ1) is 9.83. The van der Waals surface area contributed by atoms with Crippen LogP contribution in [-0.4, -0.2) is 26.7 Å². The zero-order valence-electron chi connectivity index (χ0n) is 11.3. The zero-order valence-corrected chi connectivity index (χ0v) is 12.9. The summed E-state index contributed by atoms with van der Waals surface area (Å²) < 4.78 is 44.9. The van der Waals surface area contributed by atoms with Gasteiger partial charge in [0.2, 0.25) is 10.0 Å². The minimum absolute atomic E-state index is 0.0375. The molecule has 0 spiro atoms. The number of rotatable bonds is 4. The zero-order chi connectivity index (χ0) is 15.6. The van der Waals surface area contributed by atoms with Gasteiger partial charge in [0, 0.05) is 5.02 Å². The third-order valence-corrected chi connectivity index (χ3v) is 5.58. The van der Waals surface area contributed by atoms with Crippen molar-refractivity contribution in [2.45, 2.75) is 24.5 Å². The van der Waals surface area contributed by atoms with Gasteiger partial charge in [-0.2, -0.15) is 0 Å². The SMILES string of the molecule is COC(=O)C1CCCC1S(=O)(=O)Nc1cc(F)cc(Cl)c1. The van der Waals surface area contributed by atoms with Crippen molar-refractivity contribution in [1.29, 1.82) is 0 Å². The van der Waals surface area contributed by atoms with Crippen LogP contribution >= 0.6 is 11.6 Å². The lowest BCUT2D eigenvalue weighted by Crippen LogP contribution is -2.35. The van der Waals surface area contributed by atoms with Gasteiger partial charge in [-0.25, -0.2) is 12.8 Å². The van der Waals surface area contributed by atoms with Crippen molar-refractivity contribution in [3.63, 3.8) is 0 Å². The Morgan fingerprint density at radius 3 is 2.71 bits per heavy atom. The van der Waals surface area contributed by atoms with Crippen LogP contribution in [-0.2, 0) is 19.6 Å². The molecule has 5 nitrogen and oxygen atoms in total. The van der Waals surface area contributed by atoms with E-state index in [2.05, 4.69) is 9.46 Å². The molecule has 1 aliphatic carbocycles. The minimum atomic E-state index is -3.83. The van der Waals surface area contributed by atoms with Crippen molar-refractivity contribution >= 4 is 33.3 Å². The van der Waals surface area contributed by atoms with Gasteiger partial charge in [-0.1, -0.05) is 18.0 Å². The number of anilines is 1. The maximum atomic E-state index is 13.2. The van der Waals surface area contributed by atoms with E-state index in [0.717, 1.165) is 12.1 Å². The number of hydrogen-bond acceptors (Lipinski definition) is 4. The van der Waals surface area contributed by atoms with Crippen molar-refractivity contribution in [1.82, 2.24) is 0 Å². The van der Waals surface area contributed by atoms with Gasteiger partial charge < -0.3 is 4.74 Å². The summed E-state index contributed by atoms with van der Waals surface area (Å²) in [6.45, 7) is 0. The van der Waals surface area contributed by atoms with Crippen LogP contribution in [0.1, 0.15) is 19.3 Å². The topological polar surface area (TPSA) is 72.5 Å². The number of esters is 1. The maximum absolute atomic E-state index is 13.2. The summed E-state index contributed by atoms with van der Waals surface area (Å²) in [7, 11) is -2.60. The molecule has 116 valence electrons. The van der Waals surface area contributed by atoms with Crippen LogP contribution < -0.4 is 4.72 Å². The molecule has 8 heteroatoms. The highest BCUT2D eigenvalue weighted by atomic mass is 35.5. The first kappa shape index (κ1) is 16.0. The van der Waals surface area contributed by atoms with E-state index in [1.54, 1.807) is 0 Å². The van der Waals surface area contributed by atoms with Gasteiger partial charge in [0.15, 0.2) is 0 Å². The molecule has 1 aromatic rings. The maximum Gasteiger partial charge on any atom is 0.310 e. The predicted molar refractivity (Wildman–Crippen MR) is 77.1 cm³/mol. The number of benzene rings is 1. The van der Waals surface area contributed by atoms with Crippen LogP contribution in [0.3, 0.4) is 0 Å². The normalized spacial score (nSPS) is 22.0. The van der Waals surface area contributed by atoms with Gasteiger partial charge in [0.05, 0.1) is 24.0 Å². The van der Waals surface area contributed by atoms with Crippen molar-refractivity contribution in [2.24, 2.45) is 5.92 Å². The molecule has 0 aliphatic heterocycles. The number of hydrogen-bond donors (Lipinski definition) is 1. The fourth-order valence-corrected chi connectivity index (χ4v) is 4.55. The quantitative estimate of drug-likeness (QED) is 0.858. The Kier molecular flexibility index (Phi) is 4.73. The van der Waals surface area contributed by atoms with Crippen LogP contribution in [0.15, 0.2) is 18.2 Å². The largest absolute Gasteiger partial charge is 0.469 e.